The van der Waals surface area contributed by atoms with Crippen LogP contribution in [0.4, 0.5) is 0 Å². The van der Waals surface area contributed by atoms with E-state index >= 15 is 0 Å². The van der Waals surface area contributed by atoms with Crippen LogP contribution in [0.1, 0.15) is 17.3 Å². The van der Waals surface area contributed by atoms with Crippen molar-refractivity contribution in [1.82, 2.24) is 0 Å². The Balaban J connectivity index is 3.07. The zero-order chi connectivity index (χ0) is 10.7. The average molecular weight is 275 g/mol. The highest BCUT2D eigenvalue weighted by atomic mass is 79.9. The van der Waals surface area contributed by atoms with Crippen LogP contribution in [0, 0.1) is 0 Å². The molecule has 74 valence electrons. The number of carbonyl (C=O) groups is 2. The Bertz CT molecular complexity index is 390. The van der Waals surface area contributed by atoms with Gasteiger partial charge in [-0.1, -0.05) is 27.7 Å². The van der Waals surface area contributed by atoms with E-state index < -0.39 is 5.97 Å². The fraction of sp³-hybridized carbons (Fsp3) is 0.111. The SMILES string of the molecule is CC(=O)Sc1cc(Br)cc(C(=O)O)c1. The summed E-state index contributed by atoms with van der Waals surface area (Å²) in [5, 5.41) is 8.68. The minimum Gasteiger partial charge on any atom is -0.478 e. The van der Waals surface area contributed by atoms with E-state index in [4.69, 9.17) is 5.11 Å². The van der Waals surface area contributed by atoms with Gasteiger partial charge in [0.05, 0.1) is 5.56 Å². The summed E-state index contributed by atoms with van der Waals surface area (Å²) in [5.41, 5.74) is 0.170. The largest absolute Gasteiger partial charge is 0.478 e. The van der Waals surface area contributed by atoms with E-state index in [0.717, 1.165) is 11.8 Å². The molecule has 0 saturated carbocycles. The molecule has 1 rings (SSSR count). The molecule has 0 bridgehead atoms. The molecule has 0 saturated heterocycles. The third kappa shape index (κ3) is 3.16. The van der Waals surface area contributed by atoms with Gasteiger partial charge in [0.25, 0.3) is 0 Å². The summed E-state index contributed by atoms with van der Waals surface area (Å²) in [6, 6.07) is 4.67. The number of carbonyl (C=O) groups excluding carboxylic acids is 1. The number of carboxylic acid groups (broad SMARTS) is 1. The Hall–Kier alpha value is -0.810. The maximum Gasteiger partial charge on any atom is 0.335 e. The summed E-state index contributed by atoms with van der Waals surface area (Å²) in [5.74, 6) is -1.00. The topological polar surface area (TPSA) is 54.4 Å². The lowest BCUT2D eigenvalue weighted by atomic mass is 10.2. The number of halogens is 1. The maximum atomic E-state index is 10.8. The van der Waals surface area contributed by atoms with E-state index in [0.29, 0.717) is 9.37 Å². The van der Waals surface area contributed by atoms with Crippen molar-refractivity contribution in [1.29, 1.82) is 0 Å². The normalized spacial score (nSPS) is 9.86. The van der Waals surface area contributed by atoms with Gasteiger partial charge in [0.1, 0.15) is 0 Å². The van der Waals surface area contributed by atoms with E-state index in [1.54, 1.807) is 6.07 Å². The van der Waals surface area contributed by atoms with Crippen molar-refractivity contribution in [2.45, 2.75) is 11.8 Å². The van der Waals surface area contributed by atoms with Crippen LogP contribution in [-0.2, 0) is 4.79 Å². The summed E-state index contributed by atoms with van der Waals surface area (Å²) in [6.45, 7) is 1.44. The van der Waals surface area contributed by atoms with Crippen molar-refractivity contribution in [3.63, 3.8) is 0 Å². The fourth-order valence-corrected chi connectivity index (χ4v) is 2.26. The molecule has 0 amide bonds. The number of rotatable bonds is 2. The van der Waals surface area contributed by atoms with Crippen molar-refractivity contribution in [2.75, 3.05) is 0 Å². The summed E-state index contributed by atoms with van der Waals surface area (Å²) in [4.78, 5) is 22.1. The highest BCUT2D eigenvalue weighted by molar-refractivity contribution is 9.10. The third-order valence-electron chi connectivity index (χ3n) is 1.38. The molecule has 1 aromatic rings. The number of carboxylic acids is 1. The molecule has 5 heteroatoms. The molecule has 0 aliphatic carbocycles. The van der Waals surface area contributed by atoms with Crippen LogP contribution in [0.5, 0.6) is 0 Å². The molecule has 1 N–H and O–H groups in total. The average Bonchev–Trinajstić information content (AvgIpc) is 2.01. The predicted molar refractivity (Wildman–Crippen MR) is 57.6 cm³/mol. The number of aromatic carboxylic acids is 1. The fourth-order valence-electron chi connectivity index (χ4n) is 0.911. The molecule has 0 unspecified atom stereocenters. The number of thioether (sulfide) groups is 1. The standard InChI is InChI=1S/C9H7BrO3S/c1-5(11)14-8-3-6(9(12)13)2-7(10)4-8/h2-4H,1H3,(H,12,13). The smallest absolute Gasteiger partial charge is 0.335 e. The van der Waals surface area contributed by atoms with E-state index in [2.05, 4.69) is 15.9 Å². The second-order valence-electron chi connectivity index (χ2n) is 2.57. The minimum atomic E-state index is -1.00. The molecule has 0 aromatic heterocycles. The molecule has 0 heterocycles. The van der Waals surface area contributed by atoms with Gasteiger partial charge < -0.3 is 5.11 Å². The van der Waals surface area contributed by atoms with Crippen molar-refractivity contribution >= 4 is 38.8 Å². The van der Waals surface area contributed by atoms with E-state index in [9.17, 15) is 9.59 Å². The molecular weight excluding hydrogens is 268 g/mol. The molecular formula is C9H7BrO3S. The Labute approximate surface area is 93.6 Å². The highest BCUT2D eigenvalue weighted by Gasteiger charge is 2.07. The van der Waals surface area contributed by atoms with E-state index in [1.807, 2.05) is 0 Å². The summed E-state index contributed by atoms with van der Waals surface area (Å²) >= 11 is 4.20. The van der Waals surface area contributed by atoms with Gasteiger partial charge in [0, 0.05) is 16.3 Å². The molecule has 1 aromatic carbocycles. The Morgan fingerprint density at radius 2 is 2.00 bits per heavy atom. The van der Waals surface area contributed by atoms with Crippen LogP contribution in [0.2, 0.25) is 0 Å². The maximum absolute atomic E-state index is 10.8. The van der Waals surface area contributed by atoms with Gasteiger partial charge >= 0.3 is 5.97 Å². The molecule has 0 atom stereocenters. The van der Waals surface area contributed by atoms with Crippen molar-refractivity contribution in [2.24, 2.45) is 0 Å². The van der Waals surface area contributed by atoms with E-state index in [1.165, 1.54) is 19.1 Å². The first-order valence-electron chi connectivity index (χ1n) is 3.71. The predicted octanol–water partition coefficient (Wildman–Crippen LogP) is 2.79. The van der Waals surface area contributed by atoms with Crippen molar-refractivity contribution in [3.05, 3.63) is 28.2 Å². The van der Waals surface area contributed by atoms with Crippen molar-refractivity contribution in [3.8, 4) is 0 Å². The first-order valence-corrected chi connectivity index (χ1v) is 5.32. The van der Waals surface area contributed by atoms with Gasteiger partial charge in [0.15, 0.2) is 5.12 Å². The van der Waals surface area contributed by atoms with Crippen molar-refractivity contribution < 1.29 is 14.7 Å². The lowest BCUT2D eigenvalue weighted by Crippen LogP contribution is -1.96. The zero-order valence-electron chi connectivity index (χ0n) is 7.28. The van der Waals surface area contributed by atoms with Gasteiger partial charge in [-0.3, -0.25) is 4.79 Å². The molecule has 3 nitrogen and oxygen atoms in total. The molecule has 0 fully saturated rings. The summed E-state index contributed by atoms with van der Waals surface area (Å²) < 4.78 is 0.654. The monoisotopic (exact) mass is 274 g/mol. The molecule has 0 spiro atoms. The van der Waals surface area contributed by atoms with Crippen LogP contribution in [-0.4, -0.2) is 16.2 Å². The van der Waals surface area contributed by atoms with Gasteiger partial charge in [-0.25, -0.2) is 4.79 Å². The van der Waals surface area contributed by atoms with Crippen LogP contribution < -0.4 is 0 Å². The zero-order valence-corrected chi connectivity index (χ0v) is 9.68. The Kier molecular flexibility index (Phi) is 3.71. The number of benzene rings is 1. The van der Waals surface area contributed by atoms with Gasteiger partial charge in [-0.05, 0) is 18.2 Å². The van der Waals surface area contributed by atoms with Gasteiger partial charge in [-0.2, -0.15) is 0 Å². The number of hydrogen-bond donors (Lipinski definition) is 1. The molecule has 0 radical (unpaired) electrons. The van der Waals surface area contributed by atoms with Crippen LogP contribution in [0.25, 0.3) is 0 Å². The second kappa shape index (κ2) is 4.61. The Morgan fingerprint density at radius 3 is 2.50 bits per heavy atom. The van der Waals surface area contributed by atoms with E-state index in [-0.39, 0.29) is 10.7 Å². The summed E-state index contributed by atoms with van der Waals surface area (Å²) in [6.07, 6.45) is 0. The summed E-state index contributed by atoms with van der Waals surface area (Å²) in [7, 11) is 0. The first-order chi connectivity index (χ1) is 6.49. The van der Waals surface area contributed by atoms with Crippen LogP contribution >= 0.6 is 27.7 Å². The lowest BCUT2D eigenvalue weighted by molar-refractivity contribution is -0.109. The minimum absolute atomic E-state index is 0.0700. The molecule has 0 aliphatic heterocycles. The van der Waals surface area contributed by atoms with Gasteiger partial charge in [-0.15, -0.1) is 0 Å². The second-order valence-corrected chi connectivity index (χ2v) is 4.74. The molecule has 0 aliphatic rings. The first kappa shape index (κ1) is 11.3. The van der Waals surface area contributed by atoms with Gasteiger partial charge in [0.2, 0.25) is 0 Å². The highest BCUT2D eigenvalue weighted by Crippen LogP contribution is 2.24. The Morgan fingerprint density at radius 1 is 1.36 bits per heavy atom. The quantitative estimate of drug-likeness (QED) is 0.843. The molecule has 14 heavy (non-hydrogen) atoms. The van der Waals surface area contributed by atoms with Crippen LogP contribution in [0.15, 0.2) is 27.6 Å². The third-order valence-corrected chi connectivity index (χ3v) is 2.60. The number of hydrogen-bond acceptors (Lipinski definition) is 3. The lowest BCUT2D eigenvalue weighted by Gasteiger charge is -2.01. The van der Waals surface area contributed by atoms with Crippen LogP contribution in [0.3, 0.4) is 0 Å².